The molecule has 5 heterocycles. The van der Waals surface area contributed by atoms with Gasteiger partial charge >= 0.3 is 0 Å². The number of hydrogen-bond acceptors (Lipinski definition) is 5. The molecule has 0 fully saturated rings. The number of aromatic nitrogens is 5. The molecule has 0 saturated heterocycles. The summed E-state index contributed by atoms with van der Waals surface area (Å²) in [7, 11) is 0. The van der Waals surface area contributed by atoms with Crippen LogP contribution in [0.4, 0.5) is 11.4 Å². The van der Waals surface area contributed by atoms with E-state index in [2.05, 4.69) is 56.1 Å². The molecule has 0 spiro atoms. The van der Waals surface area contributed by atoms with E-state index in [9.17, 15) is 0 Å². The van der Waals surface area contributed by atoms with Crippen LogP contribution in [0.25, 0.3) is 87.0 Å². The smallest absolute Gasteiger partial charge is 0.177 e. The Morgan fingerprint density at radius 1 is 0.457 bits per heavy atom. The Balaban J connectivity index is 1.45. The molecule has 5 aromatic heterocycles. The van der Waals surface area contributed by atoms with Gasteiger partial charge in [0.15, 0.2) is 11.4 Å². The van der Waals surface area contributed by atoms with Gasteiger partial charge < -0.3 is 0 Å². The zero-order valence-electron chi connectivity index (χ0n) is 24.3. The van der Waals surface area contributed by atoms with Gasteiger partial charge in [0, 0.05) is 70.2 Å². The van der Waals surface area contributed by atoms with Gasteiger partial charge in [-0.1, -0.05) is 30.3 Å². The topological polar surface area (TPSA) is 73.2 Å². The SMILES string of the molecule is [C-]#[N+]c1cc([N+]#[C-])cc(-c2cc3c4cccnc4c(-c4cc(-c5cccnc5)nc(-c5cccnc5)c4)cc3c3cccnc23)c1. The van der Waals surface area contributed by atoms with E-state index in [4.69, 9.17) is 28.1 Å². The summed E-state index contributed by atoms with van der Waals surface area (Å²) in [4.78, 5) is 30.7. The van der Waals surface area contributed by atoms with Crippen molar-refractivity contribution in [1.82, 2.24) is 24.9 Å². The summed E-state index contributed by atoms with van der Waals surface area (Å²) in [5, 5.41) is 3.98. The summed E-state index contributed by atoms with van der Waals surface area (Å²) in [5.41, 5.74) is 9.46. The lowest BCUT2D eigenvalue weighted by Crippen LogP contribution is -1.94. The molecule has 0 unspecified atom stereocenters. The molecule has 3 aromatic carbocycles. The fraction of sp³-hybridized carbons (Fsp3) is 0. The van der Waals surface area contributed by atoms with E-state index in [1.807, 2.05) is 67.1 Å². The summed E-state index contributed by atoms with van der Waals surface area (Å²) in [5.74, 6) is 0. The second-order valence-electron chi connectivity index (χ2n) is 10.8. The largest absolute Gasteiger partial charge is 0.264 e. The van der Waals surface area contributed by atoms with Crippen molar-refractivity contribution in [1.29, 1.82) is 0 Å². The first-order valence-corrected chi connectivity index (χ1v) is 14.5. The average molecular weight is 588 g/mol. The number of fused-ring (bicyclic) bond motifs is 5. The van der Waals surface area contributed by atoms with Crippen LogP contribution in [0.3, 0.4) is 0 Å². The van der Waals surface area contributed by atoms with Crippen LogP contribution in [0.1, 0.15) is 0 Å². The molecule has 0 radical (unpaired) electrons. The minimum Gasteiger partial charge on any atom is -0.264 e. The quantitative estimate of drug-likeness (QED) is 0.151. The molecule has 7 nitrogen and oxygen atoms in total. The summed E-state index contributed by atoms with van der Waals surface area (Å²) in [6, 6.07) is 29.6. The first-order valence-electron chi connectivity index (χ1n) is 14.5. The summed E-state index contributed by atoms with van der Waals surface area (Å²) in [6.07, 6.45) is 10.7. The molecule has 0 aliphatic heterocycles. The van der Waals surface area contributed by atoms with Crippen molar-refractivity contribution in [2.45, 2.75) is 0 Å². The Morgan fingerprint density at radius 2 is 0.935 bits per heavy atom. The number of nitrogens with zero attached hydrogens (tertiary/aromatic N) is 7. The summed E-state index contributed by atoms with van der Waals surface area (Å²) in [6.45, 7) is 15.2. The van der Waals surface area contributed by atoms with E-state index in [1.165, 1.54) is 0 Å². The summed E-state index contributed by atoms with van der Waals surface area (Å²) < 4.78 is 0. The van der Waals surface area contributed by atoms with Crippen LogP contribution < -0.4 is 0 Å². The molecule has 0 amide bonds. The minimum atomic E-state index is 0.418. The van der Waals surface area contributed by atoms with Crippen LogP contribution in [0, 0.1) is 13.1 Å². The van der Waals surface area contributed by atoms with E-state index >= 15 is 0 Å². The third-order valence-electron chi connectivity index (χ3n) is 8.10. The minimum absolute atomic E-state index is 0.418. The highest BCUT2D eigenvalue weighted by molar-refractivity contribution is 6.22. The van der Waals surface area contributed by atoms with Crippen LogP contribution in [0.2, 0.25) is 0 Å². The molecule has 212 valence electrons. The highest BCUT2D eigenvalue weighted by Gasteiger charge is 2.18. The Morgan fingerprint density at radius 3 is 1.39 bits per heavy atom. The lowest BCUT2D eigenvalue weighted by atomic mass is 9.90. The second-order valence-corrected chi connectivity index (χ2v) is 10.8. The molecule has 0 N–H and O–H groups in total. The third-order valence-corrected chi connectivity index (χ3v) is 8.10. The molecule has 8 rings (SSSR count). The number of pyridine rings is 5. The van der Waals surface area contributed by atoms with Crippen LogP contribution in [-0.4, -0.2) is 24.9 Å². The maximum absolute atomic E-state index is 7.61. The van der Waals surface area contributed by atoms with Gasteiger partial charge in [-0.05, 0) is 82.6 Å². The Bertz CT molecular complexity index is 2460. The van der Waals surface area contributed by atoms with Gasteiger partial charge in [-0.15, -0.1) is 0 Å². The van der Waals surface area contributed by atoms with E-state index in [1.54, 1.807) is 24.7 Å². The number of benzene rings is 3. The maximum atomic E-state index is 7.61. The molecule has 0 bridgehead atoms. The van der Waals surface area contributed by atoms with Gasteiger partial charge in [-0.3, -0.25) is 19.9 Å². The van der Waals surface area contributed by atoms with Crippen molar-refractivity contribution in [3.05, 3.63) is 151 Å². The fourth-order valence-corrected chi connectivity index (χ4v) is 6.03. The van der Waals surface area contributed by atoms with Crippen molar-refractivity contribution in [3.63, 3.8) is 0 Å². The van der Waals surface area contributed by atoms with Crippen molar-refractivity contribution in [3.8, 4) is 44.8 Å². The van der Waals surface area contributed by atoms with Gasteiger partial charge in [-0.2, -0.15) is 0 Å². The van der Waals surface area contributed by atoms with E-state index in [-0.39, 0.29) is 0 Å². The van der Waals surface area contributed by atoms with Crippen LogP contribution in [0.15, 0.2) is 128 Å². The second kappa shape index (κ2) is 11.0. The third kappa shape index (κ3) is 4.57. The monoisotopic (exact) mass is 587 g/mol. The lowest BCUT2D eigenvalue weighted by molar-refractivity contribution is 1.26. The molecule has 8 aromatic rings. The number of rotatable bonds is 4. The van der Waals surface area contributed by atoms with Crippen molar-refractivity contribution < 1.29 is 0 Å². The molecule has 7 heteroatoms. The highest BCUT2D eigenvalue weighted by Crippen LogP contribution is 2.42. The Kier molecular flexibility index (Phi) is 6.41. The van der Waals surface area contributed by atoms with Crippen molar-refractivity contribution in [2.75, 3.05) is 0 Å². The Hall–Kier alpha value is -6.83. The first kappa shape index (κ1) is 26.8. The fourth-order valence-electron chi connectivity index (χ4n) is 6.03. The lowest BCUT2D eigenvalue weighted by Gasteiger charge is -2.16. The molecular weight excluding hydrogens is 566 g/mol. The zero-order chi connectivity index (χ0) is 31.0. The van der Waals surface area contributed by atoms with Crippen molar-refractivity contribution >= 4 is 44.0 Å². The first-order chi connectivity index (χ1) is 22.7. The van der Waals surface area contributed by atoms with Gasteiger partial charge in [0.25, 0.3) is 0 Å². The van der Waals surface area contributed by atoms with Gasteiger partial charge in [0.1, 0.15) is 0 Å². The number of hydrogen-bond donors (Lipinski definition) is 0. The normalized spacial score (nSPS) is 11.0. The predicted octanol–water partition coefficient (Wildman–Crippen LogP) is 9.89. The predicted molar refractivity (Wildman–Crippen MR) is 182 cm³/mol. The molecule has 0 atom stereocenters. The van der Waals surface area contributed by atoms with Crippen molar-refractivity contribution in [2.24, 2.45) is 0 Å². The van der Waals surface area contributed by atoms with Gasteiger partial charge in [0.05, 0.1) is 35.6 Å². The molecule has 0 aliphatic carbocycles. The Labute approximate surface area is 264 Å². The summed E-state index contributed by atoms with van der Waals surface area (Å²) >= 11 is 0. The van der Waals surface area contributed by atoms with Gasteiger partial charge in [0.2, 0.25) is 0 Å². The van der Waals surface area contributed by atoms with Crippen LogP contribution in [0.5, 0.6) is 0 Å². The molecule has 0 saturated carbocycles. The molecular formula is C39H21N7. The van der Waals surface area contributed by atoms with E-state index in [0.29, 0.717) is 11.4 Å². The van der Waals surface area contributed by atoms with E-state index < -0.39 is 0 Å². The molecule has 0 aliphatic rings. The average Bonchev–Trinajstić information content (AvgIpc) is 3.14. The van der Waals surface area contributed by atoms with Crippen LogP contribution in [-0.2, 0) is 0 Å². The standard InChI is InChI=1S/C39H21N7/c1-40-28-15-26(16-29(19-28)41-2)32-20-34-31-10-6-14-45-39(31)33(21-35(34)30-9-5-13-44-38(30)32)27-17-36(24-7-3-11-42-22-24)46-37(18-27)25-8-4-12-43-23-25/h3-23H. The molecule has 46 heavy (non-hydrogen) atoms. The highest BCUT2D eigenvalue weighted by atomic mass is 14.7. The maximum Gasteiger partial charge on any atom is 0.177 e. The van der Waals surface area contributed by atoms with Crippen LogP contribution >= 0.6 is 0 Å². The van der Waals surface area contributed by atoms with Gasteiger partial charge in [-0.25, -0.2) is 14.7 Å². The van der Waals surface area contributed by atoms with E-state index in [0.717, 1.165) is 77.3 Å². The zero-order valence-corrected chi connectivity index (χ0v) is 24.3.